The van der Waals surface area contributed by atoms with Crippen LogP contribution < -0.4 is 4.90 Å². The first-order chi connectivity index (χ1) is 7.66. The number of aromatic nitrogens is 2. The lowest BCUT2D eigenvalue weighted by Gasteiger charge is -2.25. The molecule has 1 aromatic rings. The fraction of sp³-hybridized carbons (Fsp3) is 0.444. The van der Waals surface area contributed by atoms with E-state index in [0.717, 1.165) is 0 Å². The maximum Gasteiger partial charge on any atom is 0.338 e. The quantitative estimate of drug-likeness (QED) is 0.768. The topological polar surface area (TPSA) is 83.4 Å². The van der Waals surface area contributed by atoms with Crippen molar-refractivity contribution in [3.63, 3.8) is 0 Å². The van der Waals surface area contributed by atoms with E-state index in [1.807, 2.05) is 4.90 Å². The Hall–Kier alpha value is -1.50. The van der Waals surface area contributed by atoms with Crippen LogP contribution in [0.5, 0.6) is 0 Å². The Morgan fingerprint density at radius 3 is 2.38 bits per heavy atom. The van der Waals surface area contributed by atoms with Gasteiger partial charge in [-0.3, -0.25) is 4.21 Å². The van der Waals surface area contributed by atoms with E-state index in [-0.39, 0.29) is 5.56 Å². The summed E-state index contributed by atoms with van der Waals surface area (Å²) in [5.74, 6) is 0.696. The van der Waals surface area contributed by atoms with Gasteiger partial charge < -0.3 is 10.0 Å². The number of hydrogen-bond acceptors (Lipinski definition) is 5. The first-order valence-corrected chi connectivity index (χ1v) is 6.31. The van der Waals surface area contributed by atoms with E-state index in [1.54, 1.807) is 0 Å². The minimum Gasteiger partial charge on any atom is -0.478 e. The lowest BCUT2D eigenvalue weighted by molar-refractivity contribution is 0.0696. The molecule has 0 unspecified atom stereocenters. The predicted octanol–water partition coefficient (Wildman–Crippen LogP) is -0.257. The molecule has 0 aliphatic carbocycles. The maximum atomic E-state index is 11.1. The Morgan fingerprint density at radius 2 is 1.88 bits per heavy atom. The van der Waals surface area contributed by atoms with Gasteiger partial charge in [-0.15, -0.1) is 0 Å². The number of nitrogens with zero attached hydrogens (tertiary/aromatic N) is 3. The minimum atomic E-state index is -1.04. The van der Waals surface area contributed by atoms with Gasteiger partial charge in [0.05, 0.1) is 5.56 Å². The third-order valence-corrected chi connectivity index (χ3v) is 3.62. The molecule has 1 fully saturated rings. The van der Waals surface area contributed by atoms with E-state index in [1.165, 1.54) is 12.4 Å². The third kappa shape index (κ3) is 2.35. The average molecular weight is 241 g/mol. The number of carbonyl (C=O) groups is 1. The zero-order chi connectivity index (χ0) is 11.5. The van der Waals surface area contributed by atoms with Crippen molar-refractivity contribution in [2.75, 3.05) is 29.5 Å². The fourth-order valence-electron chi connectivity index (χ4n) is 1.43. The van der Waals surface area contributed by atoms with E-state index >= 15 is 0 Å². The van der Waals surface area contributed by atoms with E-state index in [2.05, 4.69) is 9.97 Å². The van der Waals surface area contributed by atoms with Gasteiger partial charge in [0.2, 0.25) is 5.95 Å². The highest BCUT2D eigenvalue weighted by Crippen LogP contribution is 2.10. The number of aromatic carboxylic acids is 1. The summed E-state index contributed by atoms with van der Waals surface area (Å²) in [7, 11) is -0.738. The van der Waals surface area contributed by atoms with Gasteiger partial charge in [-0.2, -0.15) is 0 Å². The number of rotatable bonds is 2. The molecule has 0 amide bonds. The highest BCUT2D eigenvalue weighted by molar-refractivity contribution is 7.85. The van der Waals surface area contributed by atoms with Crippen molar-refractivity contribution in [3.05, 3.63) is 18.0 Å². The number of carboxylic acids is 1. The first kappa shape index (κ1) is 11.0. The van der Waals surface area contributed by atoms with Gasteiger partial charge >= 0.3 is 5.97 Å². The van der Waals surface area contributed by atoms with Gasteiger partial charge in [0.1, 0.15) is 0 Å². The van der Waals surface area contributed by atoms with Crippen molar-refractivity contribution in [2.45, 2.75) is 0 Å². The number of carboxylic acid groups (broad SMARTS) is 1. The fourth-order valence-corrected chi connectivity index (χ4v) is 2.49. The molecule has 1 saturated heterocycles. The standard InChI is InChI=1S/C9H11N3O3S/c13-8(14)7-5-10-9(11-6-7)12-1-3-16(15)4-2-12/h5-6H,1-4H2,(H,13,14). The molecular formula is C9H11N3O3S. The summed E-state index contributed by atoms with van der Waals surface area (Å²) in [5.41, 5.74) is 0.0735. The molecule has 6 nitrogen and oxygen atoms in total. The van der Waals surface area contributed by atoms with Gasteiger partial charge in [-0.25, -0.2) is 14.8 Å². The summed E-state index contributed by atoms with van der Waals surface area (Å²) >= 11 is 0. The second-order valence-electron chi connectivity index (χ2n) is 3.41. The zero-order valence-electron chi connectivity index (χ0n) is 8.50. The molecule has 0 radical (unpaired) electrons. The SMILES string of the molecule is O=C(O)c1cnc(N2CCS(=O)CC2)nc1. The van der Waals surface area contributed by atoms with Gasteiger partial charge in [0.25, 0.3) is 0 Å². The van der Waals surface area contributed by atoms with Crippen molar-refractivity contribution in [1.82, 2.24) is 9.97 Å². The van der Waals surface area contributed by atoms with Crippen LogP contribution in [0.1, 0.15) is 10.4 Å². The Labute approximate surface area is 94.8 Å². The molecule has 0 aromatic carbocycles. The van der Waals surface area contributed by atoms with E-state index in [0.29, 0.717) is 30.5 Å². The summed E-state index contributed by atoms with van der Waals surface area (Å²) in [4.78, 5) is 20.5. The lowest BCUT2D eigenvalue weighted by atomic mass is 10.3. The largest absolute Gasteiger partial charge is 0.478 e. The molecule has 7 heteroatoms. The van der Waals surface area contributed by atoms with Crippen LogP contribution in [0.4, 0.5) is 5.95 Å². The molecule has 16 heavy (non-hydrogen) atoms. The van der Waals surface area contributed by atoms with Crippen LogP contribution in [-0.4, -0.2) is 49.8 Å². The lowest BCUT2D eigenvalue weighted by Crippen LogP contribution is -2.38. The van der Waals surface area contributed by atoms with Crippen molar-refractivity contribution in [2.24, 2.45) is 0 Å². The summed E-state index contributed by atoms with van der Waals surface area (Å²) in [5, 5.41) is 8.69. The normalized spacial score (nSPS) is 17.4. The maximum absolute atomic E-state index is 11.1. The van der Waals surface area contributed by atoms with Crippen molar-refractivity contribution in [3.8, 4) is 0 Å². The van der Waals surface area contributed by atoms with Crippen LogP contribution in [0.3, 0.4) is 0 Å². The smallest absolute Gasteiger partial charge is 0.338 e. The predicted molar refractivity (Wildman–Crippen MR) is 59.1 cm³/mol. The molecule has 1 N–H and O–H groups in total. The second-order valence-corrected chi connectivity index (χ2v) is 5.11. The van der Waals surface area contributed by atoms with Crippen molar-refractivity contribution < 1.29 is 14.1 Å². The van der Waals surface area contributed by atoms with Gasteiger partial charge in [-0.1, -0.05) is 0 Å². The molecule has 0 atom stereocenters. The van der Waals surface area contributed by atoms with Crippen LogP contribution in [0.25, 0.3) is 0 Å². The molecule has 86 valence electrons. The van der Waals surface area contributed by atoms with E-state index < -0.39 is 16.8 Å². The summed E-state index contributed by atoms with van der Waals surface area (Å²) < 4.78 is 11.1. The van der Waals surface area contributed by atoms with Gasteiger partial charge in [0.15, 0.2) is 0 Å². The summed E-state index contributed by atoms with van der Waals surface area (Å²) in [6, 6.07) is 0. The van der Waals surface area contributed by atoms with E-state index in [9.17, 15) is 9.00 Å². The number of hydrogen-bond donors (Lipinski definition) is 1. The Kier molecular flexibility index (Phi) is 3.14. The second kappa shape index (κ2) is 4.56. The van der Waals surface area contributed by atoms with Crippen LogP contribution in [0.2, 0.25) is 0 Å². The monoisotopic (exact) mass is 241 g/mol. The molecule has 2 heterocycles. The third-order valence-electron chi connectivity index (χ3n) is 2.35. The first-order valence-electron chi connectivity index (χ1n) is 4.82. The highest BCUT2D eigenvalue weighted by Gasteiger charge is 2.17. The van der Waals surface area contributed by atoms with E-state index in [4.69, 9.17) is 5.11 Å². The van der Waals surface area contributed by atoms with Crippen LogP contribution in [0.15, 0.2) is 12.4 Å². The zero-order valence-corrected chi connectivity index (χ0v) is 9.31. The molecular weight excluding hydrogens is 230 g/mol. The molecule has 1 aliphatic heterocycles. The summed E-state index contributed by atoms with van der Waals surface area (Å²) in [6.45, 7) is 1.30. The Bertz CT molecular complexity index is 411. The van der Waals surface area contributed by atoms with Gasteiger partial charge in [-0.05, 0) is 0 Å². The van der Waals surface area contributed by atoms with Crippen LogP contribution >= 0.6 is 0 Å². The molecule has 1 aromatic heterocycles. The summed E-state index contributed by atoms with van der Waals surface area (Å²) in [6.07, 6.45) is 2.58. The average Bonchev–Trinajstić information content (AvgIpc) is 2.30. The molecule has 0 saturated carbocycles. The molecule has 0 bridgehead atoms. The Balaban J connectivity index is 2.10. The van der Waals surface area contributed by atoms with Crippen molar-refractivity contribution >= 4 is 22.7 Å². The Morgan fingerprint density at radius 1 is 1.31 bits per heavy atom. The molecule has 1 aliphatic rings. The van der Waals surface area contributed by atoms with Crippen LogP contribution in [-0.2, 0) is 10.8 Å². The molecule has 0 spiro atoms. The molecule has 2 rings (SSSR count). The van der Waals surface area contributed by atoms with Crippen molar-refractivity contribution in [1.29, 1.82) is 0 Å². The number of anilines is 1. The minimum absolute atomic E-state index is 0.0735. The van der Waals surface area contributed by atoms with Crippen LogP contribution in [0, 0.1) is 0 Å². The highest BCUT2D eigenvalue weighted by atomic mass is 32.2. The van der Waals surface area contributed by atoms with Gasteiger partial charge in [0, 0.05) is 47.8 Å².